The van der Waals surface area contributed by atoms with Gasteiger partial charge in [-0.1, -0.05) is 24.3 Å². The zero-order valence-electron chi connectivity index (χ0n) is 10.1. The van der Waals surface area contributed by atoms with Crippen molar-refractivity contribution in [1.29, 1.82) is 0 Å². The van der Waals surface area contributed by atoms with Crippen LogP contribution in [0.25, 0.3) is 5.52 Å². The number of aryl methyl sites for hydroxylation is 1. The second-order valence-electron chi connectivity index (χ2n) is 4.39. The topological polar surface area (TPSA) is 17.3 Å². The van der Waals surface area contributed by atoms with Crippen molar-refractivity contribution < 1.29 is 4.39 Å². The van der Waals surface area contributed by atoms with Crippen molar-refractivity contribution in [2.75, 3.05) is 0 Å². The highest BCUT2D eigenvalue weighted by Gasteiger charge is 2.08. The van der Waals surface area contributed by atoms with Crippen LogP contribution in [-0.2, 0) is 6.42 Å². The van der Waals surface area contributed by atoms with E-state index < -0.39 is 0 Å². The second kappa shape index (κ2) is 4.26. The third kappa shape index (κ3) is 1.78. The van der Waals surface area contributed by atoms with Crippen LogP contribution >= 0.6 is 0 Å². The van der Waals surface area contributed by atoms with Crippen LogP contribution in [0.4, 0.5) is 4.39 Å². The fourth-order valence-corrected chi connectivity index (χ4v) is 2.16. The molecule has 2 heterocycles. The SMILES string of the molecule is Cc1cccn2c(Cc3ccccc3F)ncc12. The summed E-state index contributed by atoms with van der Waals surface area (Å²) in [7, 11) is 0. The number of hydrogen-bond donors (Lipinski definition) is 0. The van der Waals surface area contributed by atoms with Crippen molar-refractivity contribution in [2.24, 2.45) is 0 Å². The van der Waals surface area contributed by atoms with Crippen molar-refractivity contribution in [3.8, 4) is 0 Å². The monoisotopic (exact) mass is 240 g/mol. The largest absolute Gasteiger partial charge is 0.303 e. The lowest BCUT2D eigenvalue weighted by molar-refractivity contribution is 0.612. The first-order chi connectivity index (χ1) is 8.75. The van der Waals surface area contributed by atoms with Crippen molar-refractivity contribution in [3.05, 3.63) is 71.6 Å². The molecule has 0 atom stereocenters. The molecule has 0 N–H and O–H groups in total. The van der Waals surface area contributed by atoms with Gasteiger partial charge in [0.2, 0.25) is 0 Å². The predicted molar refractivity (Wildman–Crippen MR) is 69.1 cm³/mol. The molecule has 1 aromatic carbocycles. The lowest BCUT2D eigenvalue weighted by atomic mass is 10.1. The first-order valence-corrected chi connectivity index (χ1v) is 5.90. The normalized spacial score (nSPS) is 11.0. The summed E-state index contributed by atoms with van der Waals surface area (Å²) in [6.45, 7) is 2.05. The standard InChI is InChI=1S/C15H13FN2/c1-11-5-4-8-18-14(11)10-17-15(18)9-12-6-2-3-7-13(12)16/h2-8,10H,9H2,1H3. The molecular formula is C15H13FN2. The van der Waals surface area contributed by atoms with E-state index in [1.807, 2.05) is 41.9 Å². The van der Waals surface area contributed by atoms with Gasteiger partial charge in [0.05, 0.1) is 11.7 Å². The Morgan fingerprint density at radius 2 is 2.00 bits per heavy atom. The number of halogens is 1. The fourth-order valence-electron chi connectivity index (χ4n) is 2.16. The number of hydrogen-bond acceptors (Lipinski definition) is 1. The molecule has 3 rings (SSSR count). The van der Waals surface area contributed by atoms with E-state index in [0.717, 1.165) is 11.3 Å². The van der Waals surface area contributed by atoms with Gasteiger partial charge in [0.25, 0.3) is 0 Å². The van der Waals surface area contributed by atoms with Crippen molar-refractivity contribution in [1.82, 2.24) is 9.38 Å². The third-order valence-electron chi connectivity index (χ3n) is 3.17. The summed E-state index contributed by atoms with van der Waals surface area (Å²) in [5.74, 6) is 0.681. The summed E-state index contributed by atoms with van der Waals surface area (Å²) in [6.07, 6.45) is 4.31. The van der Waals surface area contributed by atoms with Crippen molar-refractivity contribution in [2.45, 2.75) is 13.3 Å². The highest BCUT2D eigenvalue weighted by Crippen LogP contribution is 2.16. The van der Waals surface area contributed by atoms with Gasteiger partial charge in [-0.25, -0.2) is 9.37 Å². The van der Waals surface area contributed by atoms with E-state index in [-0.39, 0.29) is 5.82 Å². The molecule has 0 radical (unpaired) electrons. The summed E-state index contributed by atoms with van der Waals surface area (Å²) in [5, 5.41) is 0. The number of pyridine rings is 1. The Kier molecular flexibility index (Phi) is 2.59. The molecule has 0 bridgehead atoms. The molecule has 2 nitrogen and oxygen atoms in total. The van der Waals surface area contributed by atoms with Gasteiger partial charge in [-0.15, -0.1) is 0 Å². The van der Waals surface area contributed by atoms with Gasteiger partial charge >= 0.3 is 0 Å². The molecule has 0 spiro atoms. The highest BCUT2D eigenvalue weighted by molar-refractivity contribution is 5.53. The Labute approximate surface area is 105 Å². The second-order valence-corrected chi connectivity index (χ2v) is 4.39. The van der Waals surface area contributed by atoms with E-state index in [4.69, 9.17) is 0 Å². The van der Waals surface area contributed by atoms with Crippen LogP contribution in [0.3, 0.4) is 0 Å². The van der Waals surface area contributed by atoms with Gasteiger partial charge in [0.1, 0.15) is 11.6 Å². The molecule has 18 heavy (non-hydrogen) atoms. The lowest BCUT2D eigenvalue weighted by Gasteiger charge is -2.04. The van der Waals surface area contributed by atoms with Crippen LogP contribution in [0.1, 0.15) is 17.0 Å². The van der Waals surface area contributed by atoms with Gasteiger partial charge in [-0.05, 0) is 30.2 Å². The minimum absolute atomic E-state index is 0.179. The minimum Gasteiger partial charge on any atom is -0.303 e. The summed E-state index contributed by atoms with van der Waals surface area (Å²) in [4.78, 5) is 4.39. The summed E-state index contributed by atoms with van der Waals surface area (Å²) < 4.78 is 15.6. The summed E-state index contributed by atoms with van der Waals surface area (Å²) in [6, 6.07) is 10.9. The van der Waals surface area contributed by atoms with Crippen LogP contribution < -0.4 is 0 Å². The maximum Gasteiger partial charge on any atom is 0.126 e. The smallest absolute Gasteiger partial charge is 0.126 e. The Balaban J connectivity index is 2.06. The molecule has 3 heteroatoms. The van der Waals surface area contributed by atoms with E-state index in [1.54, 1.807) is 12.1 Å². The molecule has 0 unspecified atom stereocenters. The summed E-state index contributed by atoms with van der Waals surface area (Å²) in [5.41, 5.74) is 2.92. The zero-order valence-corrected chi connectivity index (χ0v) is 10.1. The first kappa shape index (κ1) is 11.0. The maximum atomic E-state index is 13.6. The molecule has 2 aromatic heterocycles. The predicted octanol–water partition coefficient (Wildman–Crippen LogP) is 3.37. The van der Waals surface area contributed by atoms with Gasteiger partial charge in [-0.3, -0.25) is 0 Å². The van der Waals surface area contributed by atoms with Gasteiger partial charge < -0.3 is 4.40 Å². The molecule has 90 valence electrons. The summed E-state index contributed by atoms with van der Waals surface area (Å²) >= 11 is 0. The van der Waals surface area contributed by atoms with Gasteiger partial charge in [0.15, 0.2) is 0 Å². The fraction of sp³-hybridized carbons (Fsp3) is 0.133. The number of aromatic nitrogens is 2. The third-order valence-corrected chi connectivity index (χ3v) is 3.17. The highest BCUT2D eigenvalue weighted by atomic mass is 19.1. The average molecular weight is 240 g/mol. The number of rotatable bonds is 2. The van der Waals surface area contributed by atoms with Crippen molar-refractivity contribution >= 4 is 5.52 Å². The number of fused-ring (bicyclic) bond motifs is 1. The Hall–Kier alpha value is -2.16. The maximum absolute atomic E-state index is 13.6. The van der Waals surface area contributed by atoms with E-state index in [9.17, 15) is 4.39 Å². The van der Waals surface area contributed by atoms with E-state index >= 15 is 0 Å². The molecule has 0 saturated heterocycles. The van der Waals surface area contributed by atoms with Crippen LogP contribution in [0.15, 0.2) is 48.8 Å². The van der Waals surface area contributed by atoms with Gasteiger partial charge in [0, 0.05) is 12.6 Å². The van der Waals surface area contributed by atoms with E-state index in [2.05, 4.69) is 4.98 Å². The van der Waals surface area contributed by atoms with Crippen molar-refractivity contribution in [3.63, 3.8) is 0 Å². The van der Waals surface area contributed by atoms with E-state index in [0.29, 0.717) is 12.0 Å². The molecule has 3 aromatic rings. The Bertz CT molecular complexity index is 701. The van der Waals surface area contributed by atoms with Crippen LogP contribution in [0.2, 0.25) is 0 Å². The average Bonchev–Trinajstić information content (AvgIpc) is 2.77. The molecular weight excluding hydrogens is 227 g/mol. The Morgan fingerprint density at radius 1 is 1.17 bits per heavy atom. The van der Waals surface area contributed by atoms with Crippen LogP contribution in [0, 0.1) is 12.7 Å². The Morgan fingerprint density at radius 3 is 2.83 bits per heavy atom. The molecule has 0 aliphatic heterocycles. The molecule has 0 aliphatic rings. The van der Waals surface area contributed by atoms with Crippen LogP contribution in [-0.4, -0.2) is 9.38 Å². The number of benzene rings is 1. The first-order valence-electron chi connectivity index (χ1n) is 5.90. The quantitative estimate of drug-likeness (QED) is 0.671. The van der Waals surface area contributed by atoms with Crippen LogP contribution in [0.5, 0.6) is 0 Å². The molecule has 0 amide bonds. The molecule has 0 aliphatic carbocycles. The molecule has 0 fully saturated rings. The zero-order chi connectivity index (χ0) is 12.5. The van der Waals surface area contributed by atoms with E-state index in [1.165, 1.54) is 11.6 Å². The number of nitrogens with zero attached hydrogens (tertiary/aromatic N) is 2. The lowest BCUT2D eigenvalue weighted by Crippen LogP contribution is -1.98. The molecule has 0 saturated carbocycles. The van der Waals surface area contributed by atoms with Gasteiger partial charge in [-0.2, -0.15) is 0 Å². The minimum atomic E-state index is -0.179. The number of imidazole rings is 1.